The molecule has 0 aliphatic carbocycles. The van der Waals surface area contributed by atoms with Crippen molar-refractivity contribution in [3.8, 4) is 5.75 Å². The summed E-state index contributed by atoms with van der Waals surface area (Å²) in [5.74, 6) is -0.167. The van der Waals surface area contributed by atoms with Gasteiger partial charge in [-0.05, 0) is 17.7 Å². The molecular weight excluding hydrogens is 192 g/mol. The number of furan rings is 1. The number of rotatable bonds is 1. The number of aldehydes is 1. The summed E-state index contributed by atoms with van der Waals surface area (Å²) >= 11 is 5.58. The molecule has 4 heteroatoms. The first-order valence-electron chi connectivity index (χ1n) is 3.58. The van der Waals surface area contributed by atoms with Crippen LogP contribution in [-0.4, -0.2) is 11.4 Å². The lowest BCUT2D eigenvalue weighted by molar-refractivity contribution is 0.112. The van der Waals surface area contributed by atoms with Crippen molar-refractivity contribution in [1.82, 2.24) is 0 Å². The van der Waals surface area contributed by atoms with Crippen molar-refractivity contribution in [2.75, 3.05) is 0 Å². The van der Waals surface area contributed by atoms with Crippen LogP contribution in [0.3, 0.4) is 0 Å². The normalized spacial score (nSPS) is 10.5. The fourth-order valence-corrected chi connectivity index (χ4v) is 1.36. The van der Waals surface area contributed by atoms with Crippen LogP contribution in [0.15, 0.2) is 22.6 Å². The Morgan fingerprint density at radius 1 is 1.46 bits per heavy atom. The zero-order chi connectivity index (χ0) is 9.42. The third-order valence-electron chi connectivity index (χ3n) is 1.79. The van der Waals surface area contributed by atoms with Gasteiger partial charge in [0.2, 0.25) is 0 Å². The fourth-order valence-electron chi connectivity index (χ4n) is 1.17. The van der Waals surface area contributed by atoms with E-state index in [1.165, 1.54) is 6.07 Å². The number of fused-ring (bicyclic) bond motifs is 1. The lowest BCUT2D eigenvalue weighted by Gasteiger charge is -1.95. The highest BCUT2D eigenvalue weighted by molar-refractivity contribution is 6.29. The zero-order valence-corrected chi connectivity index (χ0v) is 7.21. The first kappa shape index (κ1) is 8.13. The van der Waals surface area contributed by atoms with Crippen LogP contribution in [0, 0.1) is 0 Å². The van der Waals surface area contributed by atoms with E-state index in [2.05, 4.69) is 0 Å². The van der Waals surface area contributed by atoms with Crippen LogP contribution in [0.4, 0.5) is 0 Å². The van der Waals surface area contributed by atoms with Crippen LogP contribution < -0.4 is 0 Å². The molecule has 0 unspecified atom stereocenters. The second-order valence-corrected chi connectivity index (χ2v) is 2.96. The average Bonchev–Trinajstić information content (AvgIpc) is 2.47. The molecule has 1 N–H and O–H groups in total. The minimum atomic E-state index is -0.167. The average molecular weight is 197 g/mol. The van der Waals surface area contributed by atoms with Gasteiger partial charge in [0.25, 0.3) is 0 Å². The van der Waals surface area contributed by atoms with Crippen LogP contribution in [0.1, 0.15) is 10.4 Å². The molecule has 13 heavy (non-hydrogen) atoms. The highest BCUT2D eigenvalue weighted by Gasteiger charge is 2.10. The standard InChI is InChI=1S/C9H5ClO3/c10-7-3-5-1-2-6(4-11)8(12)9(5)13-7/h1-4,12H. The Hall–Kier alpha value is -1.48. The van der Waals surface area contributed by atoms with Crippen molar-refractivity contribution in [2.24, 2.45) is 0 Å². The number of benzene rings is 1. The Balaban J connectivity index is 2.85. The van der Waals surface area contributed by atoms with Crippen LogP contribution in [-0.2, 0) is 0 Å². The molecule has 0 amide bonds. The molecule has 0 saturated heterocycles. The summed E-state index contributed by atoms with van der Waals surface area (Å²) in [6.07, 6.45) is 0.561. The van der Waals surface area contributed by atoms with Gasteiger partial charge in [0, 0.05) is 11.5 Å². The summed E-state index contributed by atoms with van der Waals surface area (Å²) in [5, 5.41) is 10.3. The Kier molecular flexibility index (Phi) is 1.74. The fraction of sp³-hybridized carbons (Fsp3) is 0. The summed E-state index contributed by atoms with van der Waals surface area (Å²) in [4.78, 5) is 10.4. The third kappa shape index (κ3) is 1.17. The van der Waals surface area contributed by atoms with Gasteiger partial charge in [0.1, 0.15) is 0 Å². The number of phenolic OH excluding ortho intramolecular Hbond substituents is 1. The minimum Gasteiger partial charge on any atom is -0.504 e. The van der Waals surface area contributed by atoms with Gasteiger partial charge in [-0.1, -0.05) is 6.07 Å². The van der Waals surface area contributed by atoms with Crippen molar-refractivity contribution >= 4 is 28.9 Å². The molecule has 0 radical (unpaired) electrons. The van der Waals surface area contributed by atoms with Gasteiger partial charge in [-0.3, -0.25) is 4.79 Å². The zero-order valence-electron chi connectivity index (χ0n) is 6.45. The summed E-state index contributed by atoms with van der Waals surface area (Å²) in [6, 6.07) is 4.75. The molecule has 3 nitrogen and oxygen atoms in total. The number of carbonyl (C=O) groups excluding carboxylic acids is 1. The predicted octanol–water partition coefficient (Wildman–Crippen LogP) is 2.60. The van der Waals surface area contributed by atoms with E-state index in [9.17, 15) is 9.90 Å². The molecule has 0 spiro atoms. The van der Waals surface area contributed by atoms with Crippen molar-refractivity contribution < 1.29 is 14.3 Å². The maximum atomic E-state index is 10.4. The molecule has 66 valence electrons. The van der Waals surface area contributed by atoms with E-state index >= 15 is 0 Å². The van der Waals surface area contributed by atoms with Crippen molar-refractivity contribution in [3.63, 3.8) is 0 Å². The van der Waals surface area contributed by atoms with E-state index in [4.69, 9.17) is 16.0 Å². The van der Waals surface area contributed by atoms with Gasteiger partial charge >= 0.3 is 0 Å². The Morgan fingerprint density at radius 3 is 2.92 bits per heavy atom. The van der Waals surface area contributed by atoms with E-state index in [0.717, 1.165) is 0 Å². The Morgan fingerprint density at radius 2 is 2.23 bits per heavy atom. The maximum absolute atomic E-state index is 10.4. The summed E-state index contributed by atoms with van der Waals surface area (Å²) in [7, 11) is 0. The molecular formula is C9H5ClO3. The topological polar surface area (TPSA) is 50.4 Å². The number of phenols is 1. The number of carbonyl (C=O) groups is 1. The minimum absolute atomic E-state index is 0.167. The van der Waals surface area contributed by atoms with Crippen molar-refractivity contribution in [1.29, 1.82) is 0 Å². The maximum Gasteiger partial charge on any atom is 0.194 e. The quantitative estimate of drug-likeness (QED) is 0.714. The molecule has 0 fully saturated rings. The van der Waals surface area contributed by atoms with Crippen molar-refractivity contribution in [3.05, 3.63) is 29.0 Å². The highest BCUT2D eigenvalue weighted by Crippen LogP contribution is 2.32. The summed E-state index contributed by atoms with van der Waals surface area (Å²) in [6.45, 7) is 0. The van der Waals surface area contributed by atoms with E-state index < -0.39 is 0 Å². The highest BCUT2D eigenvalue weighted by atomic mass is 35.5. The molecule has 0 aliphatic heterocycles. The van der Waals surface area contributed by atoms with Crippen LogP contribution in [0.25, 0.3) is 11.0 Å². The first-order valence-corrected chi connectivity index (χ1v) is 3.96. The van der Waals surface area contributed by atoms with Gasteiger partial charge in [0.05, 0.1) is 5.56 Å². The number of aromatic hydroxyl groups is 1. The Labute approximate surface area is 78.5 Å². The molecule has 0 saturated carbocycles. The first-order chi connectivity index (χ1) is 6.22. The largest absolute Gasteiger partial charge is 0.504 e. The second kappa shape index (κ2) is 2.78. The van der Waals surface area contributed by atoms with Crippen LogP contribution in [0.2, 0.25) is 5.22 Å². The molecule has 2 aromatic rings. The molecule has 0 bridgehead atoms. The van der Waals surface area contributed by atoms with Gasteiger partial charge in [0.15, 0.2) is 22.8 Å². The van der Waals surface area contributed by atoms with Gasteiger partial charge in [-0.25, -0.2) is 0 Å². The molecule has 0 atom stereocenters. The van der Waals surface area contributed by atoms with Crippen LogP contribution >= 0.6 is 11.6 Å². The van der Waals surface area contributed by atoms with Crippen LogP contribution in [0.5, 0.6) is 5.75 Å². The van der Waals surface area contributed by atoms with Gasteiger partial charge in [-0.2, -0.15) is 0 Å². The molecule has 1 aromatic carbocycles. The van der Waals surface area contributed by atoms with Crippen molar-refractivity contribution in [2.45, 2.75) is 0 Å². The molecule has 2 rings (SSSR count). The summed E-state index contributed by atoms with van der Waals surface area (Å²) < 4.78 is 5.00. The van der Waals surface area contributed by atoms with E-state index in [1.54, 1.807) is 12.1 Å². The molecule has 1 aromatic heterocycles. The molecule has 0 aliphatic rings. The lowest BCUT2D eigenvalue weighted by atomic mass is 10.1. The van der Waals surface area contributed by atoms with E-state index in [1.807, 2.05) is 0 Å². The van der Waals surface area contributed by atoms with E-state index in [-0.39, 0.29) is 22.1 Å². The predicted molar refractivity (Wildman–Crippen MR) is 48.3 cm³/mol. The number of halogens is 1. The number of hydrogen-bond donors (Lipinski definition) is 1. The lowest BCUT2D eigenvalue weighted by Crippen LogP contribution is -1.79. The summed E-state index contributed by atoms with van der Waals surface area (Å²) in [5.41, 5.74) is 0.438. The second-order valence-electron chi connectivity index (χ2n) is 2.59. The van der Waals surface area contributed by atoms with Gasteiger partial charge < -0.3 is 9.52 Å². The van der Waals surface area contributed by atoms with Gasteiger partial charge in [-0.15, -0.1) is 0 Å². The third-order valence-corrected chi connectivity index (χ3v) is 1.97. The molecule has 1 heterocycles. The SMILES string of the molecule is O=Cc1ccc2cc(Cl)oc2c1O. The monoisotopic (exact) mass is 196 g/mol. The van der Waals surface area contributed by atoms with E-state index in [0.29, 0.717) is 11.7 Å². The Bertz CT molecular complexity index is 473. The smallest absolute Gasteiger partial charge is 0.194 e. The number of hydrogen-bond acceptors (Lipinski definition) is 3.